The van der Waals surface area contributed by atoms with Crippen molar-refractivity contribution >= 4 is 12.0 Å². The van der Waals surface area contributed by atoms with Crippen LogP contribution in [-0.2, 0) is 0 Å². The van der Waals surface area contributed by atoms with Gasteiger partial charge in [-0.2, -0.15) is 0 Å². The molecule has 0 unspecified atom stereocenters. The lowest BCUT2D eigenvalue weighted by Gasteiger charge is -2.09. The lowest BCUT2D eigenvalue weighted by atomic mass is 10.2. The van der Waals surface area contributed by atoms with E-state index in [0.29, 0.717) is 0 Å². The molecule has 1 heterocycles. The van der Waals surface area contributed by atoms with Crippen molar-refractivity contribution in [1.29, 1.82) is 0 Å². The molecule has 1 aromatic rings. The fourth-order valence-corrected chi connectivity index (χ4v) is 1.05. The van der Waals surface area contributed by atoms with Crippen molar-refractivity contribution in [2.24, 2.45) is 0 Å². The van der Waals surface area contributed by atoms with Gasteiger partial charge in [0.05, 0.1) is 24.6 Å². The number of nitrogens with zero attached hydrogens (tertiary/aromatic N) is 1. The molecule has 2 N–H and O–H groups in total. The maximum atomic E-state index is 12.3. The van der Waals surface area contributed by atoms with E-state index in [0.717, 1.165) is 6.20 Å². The minimum Gasteiger partial charge on any atom is -0.494 e. The molecule has 0 amide bonds. The van der Waals surface area contributed by atoms with Crippen molar-refractivity contribution in [3.8, 4) is 5.75 Å². The maximum absolute atomic E-state index is 12.3. The number of aldehydes is 1. The molecule has 0 saturated carbocycles. The Morgan fingerprint density at radius 2 is 2.29 bits per heavy atom. The summed E-state index contributed by atoms with van der Waals surface area (Å²) in [5, 5.41) is 0. The number of halogens is 2. The van der Waals surface area contributed by atoms with Crippen LogP contribution < -0.4 is 10.5 Å². The molecule has 0 aliphatic carbocycles. The van der Waals surface area contributed by atoms with Gasteiger partial charge in [-0.15, -0.1) is 0 Å². The first kappa shape index (κ1) is 10.4. The number of hydrogen-bond donors (Lipinski definition) is 1. The van der Waals surface area contributed by atoms with E-state index in [9.17, 15) is 13.6 Å². The van der Waals surface area contributed by atoms with Crippen LogP contribution in [0.2, 0.25) is 0 Å². The largest absolute Gasteiger partial charge is 0.494 e. The summed E-state index contributed by atoms with van der Waals surface area (Å²) in [5.74, 6) is -0.0645. The fourth-order valence-electron chi connectivity index (χ4n) is 1.05. The van der Waals surface area contributed by atoms with E-state index in [1.807, 2.05) is 0 Å². The molecule has 1 rings (SSSR count). The fraction of sp³-hybridized carbons (Fsp3) is 0.250. The summed E-state index contributed by atoms with van der Waals surface area (Å²) in [6, 6.07) is 0. The number of hydrogen-bond acceptors (Lipinski definition) is 4. The molecule has 0 spiro atoms. The third kappa shape index (κ3) is 1.63. The van der Waals surface area contributed by atoms with E-state index < -0.39 is 12.1 Å². The van der Waals surface area contributed by atoms with Crippen molar-refractivity contribution in [2.75, 3.05) is 12.8 Å². The van der Waals surface area contributed by atoms with Gasteiger partial charge in [-0.1, -0.05) is 0 Å². The molecular formula is C8H8F2N2O2. The molecule has 0 bridgehead atoms. The molecule has 0 radical (unpaired) electrons. The normalized spacial score (nSPS) is 10.3. The van der Waals surface area contributed by atoms with Gasteiger partial charge in [-0.25, -0.2) is 8.78 Å². The number of carbonyl (C=O) groups excluding carboxylic acids is 1. The molecular weight excluding hydrogens is 194 g/mol. The number of ether oxygens (including phenoxy) is 1. The van der Waals surface area contributed by atoms with Crippen LogP contribution in [0.25, 0.3) is 0 Å². The number of pyridine rings is 1. The summed E-state index contributed by atoms with van der Waals surface area (Å²) >= 11 is 0. The second-order valence-electron chi connectivity index (χ2n) is 2.46. The van der Waals surface area contributed by atoms with Crippen LogP contribution in [0.4, 0.5) is 14.5 Å². The average molecular weight is 202 g/mol. The van der Waals surface area contributed by atoms with Gasteiger partial charge in [-0.3, -0.25) is 9.78 Å². The molecule has 76 valence electrons. The predicted molar refractivity (Wildman–Crippen MR) is 45.5 cm³/mol. The number of methoxy groups -OCH3 is 1. The second kappa shape index (κ2) is 3.99. The summed E-state index contributed by atoms with van der Waals surface area (Å²) in [7, 11) is 1.24. The van der Waals surface area contributed by atoms with E-state index in [2.05, 4.69) is 4.98 Å². The molecule has 4 nitrogen and oxygen atoms in total. The van der Waals surface area contributed by atoms with Crippen LogP contribution in [0.15, 0.2) is 6.20 Å². The first-order chi connectivity index (χ1) is 6.61. The van der Waals surface area contributed by atoms with Crippen molar-refractivity contribution in [3.05, 3.63) is 17.5 Å². The molecule has 0 aliphatic rings. The number of nitrogen functional groups attached to an aromatic ring is 1. The van der Waals surface area contributed by atoms with Crippen molar-refractivity contribution in [1.82, 2.24) is 4.98 Å². The van der Waals surface area contributed by atoms with Gasteiger partial charge in [0, 0.05) is 0 Å². The molecule has 0 saturated heterocycles. The van der Waals surface area contributed by atoms with Gasteiger partial charge in [0.2, 0.25) is 0 Å². The van der Waals surface area contributed by atoms with Gasteiger partial charge in [0.25, 0.3) is 6.43 Å². The Kier molecular flexibility index (Phi) is 2.95. The predicted octanol–water partition coefficient (Wildman–Crippen LogP) is 1.42. The van der Waals surface area contributed by atoms with E-state index in [1.165, 1.54) is 7.11 Å². The molecule has 0 atom stereocenters. The highest BCUT2D eigenvalue weighted by molar-refractivity contribution is 5.84. The standard InChI is InChI=1S/C8H8F2N2O2/c1-14-7-4(3-13)6(8(9)10)12-2-5(7)11/h2-3,8H,11H2,1H3. The summed E-state index contributed by atoms with van der Waals surface area (Å²) in [5.41, 5.74) is 4.52. The smallest absolute Gasteiger partial charge is 0.281 e. The van der Waals surface area contributed by atoms with Gasteiger partial charge in [-0.05, 0) is 0 Å². The van der Waals surface area contributed by atoms with Crippen LogP contribution >= 0.6 is 0 Å². The quantitative estimate of drug-likeness (QED) is 0.753. The van der Waals surface area contributed by atoms with Gasteiger partial charge >= 0.3 is 0 Å². The number of rotatable bonds is 3. The summed E-state index contributed by atoms with van der Waals surface area (Å²) in [6.45, 7) is 0. The second-order valence-corrected chi connectivity index (χ2v) is 2.46. The van der Waals surface area contributed by atoms with Crippen LogP contribution in [0, 0.1) is 0 Å². The van der Waals surface area contributed by atoms with Gasteiger partial charge in [0.15, 0.2) is 12.0 Å². The van der Waals surface area contributed by atoms with E-state index in [-0.39, 0.29) is 23.3 Å². The van der Waals surface area contributed by atoms with Crippen LogP contribution in [0.5, 0.6) is 5.75 Å². The molecule has 0 fully saturated rings. The SMILES string of the molecule is COc1c(N)cnc(C(F)F)c1C=O. The Morgan fingerprint density at radius 3 is 2.71 bits per heavy atom. The summed E-state index contributed by atoms with van der Waals surface area (Å²) in [6.07, 6.45) is -1.54. The number of anilines is 1. The van der Waals surface area contributed by atoms with Gasteiger partial charge < -0.3 is 10.5 Å². The summed E-state index contributed by atoms with van der Waals surface area (Å²) < 4.78 is 29.4. The Morgan fingerprint density at radius 1 is 1.64 bits per heavy atom. The number of nitrogens with two attached hydrogens (primary N) is 1. The minimum absolute atomic E-state index is 0.0546. The summed E-state index contributed by atoms with van der Waals surface area (Å²) in [4.78, 5) is 13.9. The van der Waals surface area contributed by atoms with Crippen LogP contribution in [0.3, 0.4) is 0 Å². The highest BCUT2D eigenvalue weighted by Crippen LogP contribution is 2.30. The Balaban J connectivity index is 3.40. The van der Waals surface area contributed by atoms with Crippen molar-refractivity contribution in [3.63, 3.8) is 0 Å². The van der Waals surface area contributed by atoms with Crippen molar-refractivity contribution in [2.45, 2.75) is 6.43 Å². The Labute approximate surface area is 78.7 Å². The highest BCUT2D eigenvalue weighted by atomic mass is 19.3. The van der Waals surface area contributed by atoms with E-state index >= 15 is 0 Å². The van der Waals surface area contributed by atoms with E-state index in [4.69, 9.17) is 10.5 Å². The number of carbonyl (C=O) groups is 1. The van der Waals surface area contributed by atoms with Gasteiger partial charge in [0.1, 0.15) is 5.69 Å². The Bertz CT molecular complexity index is 355. The molecule has 14 heavy (non-hydrogen) atoms. The zero-order chi connectivity index (χ0) is 10.7. The topological polar surface area (TPSA) is 65.2 Å². The average Bonchev–Trinajstić information content (AvgIpc) is 2.16. The van der Waals surface area contributed by atoms with E-state index in [1.54, 1.807) is 0 Å². The lowest BCUT2D eigenvalue weighted by Crippen LogP contribution is -2.04. The van der Waals surface area contributed by atoms with Crippen LogP contribution in [0.1, 0.15) is 22.5 Å². The highest BCUT2D eigenvalue weighted by Gasteiger charge is 2.20. The lowest BCUT2D eigenvalue weighted by molar-refractivity contribution is 0.110. The minimum atomic E-state index is -2.83. The molecule has 6 heteroatoms. The first-order valence-electron chi connectivity index (χ1n) is 3.67. The number of alkyl halides is 2. The van der Waals surface area contributed by atoms with Crippen LogP contribution in [-0.4, -0.2) is 18.4 Å². The third-order valence-electron chi connectivity index (χ3n) is 1.65. The Hall–Kier alpha value is -1.72. The zero-order valence-corrected chi connectivity index (χ0v) is 7.33. The molecule has 0 aromatic carbocycles. The van der Waals surface area contributed by atoms with Crippen molar-refractivity contribution < 1.29 is 18.3 Å². The maximum Gasteiger partial charge on any atom is 0.281 e. The molecule has 1 aromatic heterocycles. The number of aromatic nitrogens is 1. The third-order valence-corrected chi connectivity index (χ3v) is 1.65. The monoisotopic (exact) mass is 202 g/mol. The zero-order valence-electron chi connectivity index (χ0n) is 7.33. The molecule has 0 aliphatic heterocycles. The first-order valence-corrected chi connectivity index (χ1v) is 3.67.